The molecular weight excluding hydrogens is 172 g/mol. The molecule has 2 aromatic heterocycles. The van der Waals surface area contributed by atoms with Gasteiger partial charge in [-0.05, 0) is 12.1 Å². The van der Waals surface area contributed by atoms with Gasteiger partial charge in [0, 0.05) is 17.7 Å². The van der Waals surface area contributed by atoms with E-state index in [9.17, 15) is 0 Å². The summed E-state index contributed by atoms with van der Waals surface area (Å²) in [7, 11) is 0. The van der Waals surface area contributed by atoms with Crippen LogP contribution in [0.4, 0.5) is 10.7 Å². The van der Waals surface area contributed by atoms with Crippen molar-refractivity contribution in [3.8, 4) is 0 Å². The Balaban J connectivity index is 2.15. The maximum absolute atomic E-state index is 3.97. The van der Waals surface area contributed by atoms with Gasteiger partial charge in [-0.2, -0.15) is 0 Å². The molecule has 1 N–H and O–H groups in total. The first kappa shape index (κ1) is 7.17. The molecule has 0 amide bonds. The standard InChI is InChI=1S/C7H6N4S/c1-2-6(4-8-3-1)10-7-5-9-11-12-7/h1-5,10H. The molecule has 4 nitrogen and oxygen atoms in total. The van der Waals surface area contributed by atoms with Gasteiger partial charge in [0.15, 0.2) is 0 Å². The molecule has 0 bridgehead atoms. The number of hydrogen-bond donors (Lipinski definition) is 1. The summed E-state index contributed by atoms with van der Waals surface area (Å²) in [5.41, 5.74) is 0.948. The quantitative estimate of drug-likeness (QED) is 0.760. The second-order valence-electron chi connectivity index (χ2n) is 2.15. The molecule has 12 heavy (non-hydrogen) atoms. The van der Waals surface area contributed by atoms with Crippen molar-refractivity contribution in [2.75, 3.05) is 5.32 Å². The van der Waals surface area contributed by atoms with Crippen LogP contribution in [0, 0.1) is 0 Å². The first-order valence-corrected chi connectivity index (χ1v) is 4.17. The maximum Gasteiger partial charge on any atom is 0.134 e. The molecule has 0 atom stereocenters. The van der Waals surface area contributed by atoms with Crippen LogP contribution in [0.25, 0.3) is 0 Å². The second-order valence-corrected chi connectivity index (χ2v) is 2.93. The SMILES string of the molecule is c1cncc(Nc2cnns2)c1. The zero-order chi connectivity index (χ0) is 8.23. The van der Waals surface area contributed by atoms with E-state index >= 15 is 0 Å². The van der Waals surface area contributed by atoms with E-state index in [0.717, 1.165) is 10.7 Å². The molecule has 60 valence electrons. The monoisotopic (exact) mass is 178 g/mol. The highest BCUT2D eigenvalue weighted by Crippen LogP contribution is 2.16. The molecule has 5 heteroatoms. The average molecular weight is 178 g/mol. The molecule has 2 aromatic rings. The number of hydrogen-bond acceptors (Lipinski definition) is 5. The molecule has 0 fully saturated rings. The molecule has 2 heterocycles. The van der Waals surface area contributed by atoms with Crippen molar-refractivity contribution in [3.05, 3.63) is 30.7 Å². The molecule has 0 aromatic carbocycles. The number of pyridine rings is 1. The Bertz CT molecular complexity index is 332. The number of rotatable bonds is 2. The Morgan fingerprint density at radius 2 is 2.33 bits per heavy atom. The van der Waals surface area contributed by atoms with E-state index in [1.165, 1.54) is 11.5 Å². The number of aromatic nitrogens is 3. The summed E-state index contributed by atoms with van der Waals surface area (Å²) in [4.78, 5) is 3.97. The van der Waals surface area contributed by atoms with Crippen LogP contribution < -0.4 is 5.32 Å². The van der Waals surface area contributed by atoms with Gasteiger partial charge in [-0.1, -0.05) is 4.49 Å². The van der Waals surface area contributed by atoms with Gasteiger partial charge in [-0.3, -0.25) is 4.98 Å². The second kappa shape index (κ2) is 3.27. The van der Waals surface area contributed by atoms with Crippen LogP contribution in [-0.4, -0.2) is 14.6 Å². The fourth-order valence-electron chi connectivity index (χ4n) is 0.801. The third kappa shape index (κ3) is 1.57. The molecule has 0 aliphatic heterocycles. The smallest absolute Gasteiger partial charge is 0.134 e. The predicted molar refractivity (Wildman–Crippen MR) is 47.4 cm³/mol. The van der Waals surface area contributed by atoms with E-state index in [2.05, 4.69) is 19.9 Å². The summed E-state index contributed by atoms with van der Waals surface area (Å²) in [6.07, 6.45) is 5.16. The lowest BCUT2D eigenvalue weighted by atomic mass is 10.4. The van der Waals surface area contributed by atoms with E-state index in [0.29, 0.717) is 0 Å². The highest BCUT2D eigenvalue weighted by Gasteiger charge is 1.94. The Morgan fingerprint density at radius 3 is 3.00 bits per heavy atom. The van der Waals surface area contributed by atoms with Gasteiger partial charge in [0.2, 0.25) is 0 Å². The third-order valence-electron chi connectivity index (χ3n) is 1.29. The van der Waals surface area contributed by atoms with Crippen LogP contribution in [0.2, 0.25) is 0 Å². The minimum absolute atomic E-state index is 0.919. The number of anilines is 2. The van der Waals surface area contributed by atoms with Gasteiger partial charge in [0.1, 0.15) is 5.00 Å². The van der Waals surface area contributed by atoms with E-state index in [1.54, 1.807) is 18.6 Å². The summed E-state index contributed by atoms with van der Waals surface area (Å²) >= 11 is 1.32. The maximum atomic E-state index is 3.97. The minimum atomic E-state index is 0.919. The van der Waals surface area contributed by atoms with Gasteiger partial charge in [0.05, 0.1) is 18.1 Å². The zero-order valence-corrected chi connectivity index (χ0v) is 6.95. The van der Waals surface area contributed by atoms with E-state index in [4.69, 9.17) is 0 Å². The van der Waals surface area contributed by atoms with Crippen LogP contribution in [0.1, 0.15) is 0 Å². The van der Waals surface area contributed by atoms with Crippen molar-refractivity contribution >= 4 is 22.2 Å². The predicted octanol–water partition coefficient (Wildman–Crippen LogP) is 1.68. The van der Waals surface area contributed by atoms with Crippen LogP contribution >= 0.6 is 11.5 Å². The lowest BCUT2D eigenvalue weighted by Crippen LogP contribution is -1.86. The summed E-state index contributed by atoms with van der Waals surface area (Å²) in [5.74, 6) is 0. The van der Waals surface area contributed by atoms with E-state index in [-0.39, 0.29) is 0 Å². The molecule has 0 unspecified atom stereocenters. The van der Waals surface area contributed by atoms with Crippen LogP contribution in [0.5, 0.6) is 0 Å². The Hall–Kier alpha value is -1.49. The highest BCUT2D eigenvalue weighted by atomic mass is 32.1. The number of nitrogens with one attached hydrogen (secondary N) is 1. The third-order valence-corrected chi connectivity index (χ3v) is 1.87. The summed E-state index contributed by atoms with van der Waals surface area (Å²) in [6.45, 7) is 0. The minimum Gasteiger partial charge on any atom is -0.343 e. The van der Waals surface area contributed by atoms with Crippen molar-refractivity contribution in [1.82, 2.24) is 14.6 Å². The Kier molecular flexibility index (Phi) is 1.96. The van der Waals surface area contributed by atoms with Crippen molar-refractivity contribution in [3.63, 3.8) is 0 Å². The van der Waals surface area contributed by atoms with Gasteiger partial charge in [0.25, 0.3) is 0 Å². The molecule has 0 radical (unpaired) electrons. The van der Waals surface area contributed by atoms with Gasteiger partial charge >= 0.3 is 0 Å². The average Bonchev–Trinajstić information content (AvgIpc) is 2.59. The normalized spacial score (nSPS) is 9.67. The van der Waals surface area contributed by atoms with E-state index in [1.807, 2.05) is 12.1 Å². The lowest BCUT2D eigenvalue weighted by molar-refractivity contribution is 1.16. The molecule has 0 spiro atoms. The zero-order valence-electron chi connectivity index (χ0n) is 6.14. The van der Waals surface area contributed by atoms with E-state index < -0.39 is 0 Å². The van der Waals surface area contributed by atoms with Gasteiger partial charge in [-0.25, -0.2) is 0 Å². The molecule has 0 aliphatic rings. The molecule has 0 saturated heterocycles. The number of nitrogens with zero attached hydrogens (tertiary/aromatic N) is 3. The first-order valence-electron chi connectivity index (χ1n) is 3.39. The fraction of sp³-hybridized carbons (Fsp3) is 0. The summed E-state index contributed by atoms with van der Waals surface area (Å²) in [5, 5.41) is 7.74. The van der Waals surface area contributed by atoms with Crippen LogP contribution in [0.3, 0.4) is 0 Å². The molecule has 0 saturated carbocycles. The van der Waals surface area contributed by atoms with Crippen molar-refractivity contribution < 1.29 is 0 Å². The van der Waals surface area contributed by atoms with Gasteiger partial charge < -0.3 is 5.32 Å². The highest BCUT2D eigenvalue weighted by molar-refractivity contribution is 7.09. The van der Waals surface area contributed by atoms with Crippen molar-refractivity contribution in [1.29, 1.82) is 0 Å². The molecular formula is C7H6N4S. The molecule has 0 aliphatic carbocycles. The fourth-order valence-corrected chi connectivity index (χ4v) is 1.24. The topological polar surface area (TPSA) is 50.7 Å². The first-order chi connectivity index (χ1) is 5.95. The largest absolute Gasteiger partial charge is 0.343 e. The summed E-state index contributed by atoms with van der Waals surface area (Å²) < 4.78 is 3.73. The molecule has 2 rings (SSSR count). The van der Waals surface area contributed by atoms with Crippen molar-refractivity contribution in [2.24, 2.45) is 0 Å². The van der Waals surface area contributed by atoms with Crippen LogP contribution in [-0.2, 0) is 0 Å². The Labute approximate surface area is 73.4 Å². The van der Waals surface area contributed by atoms with Crippen LogP contribution in [0.15, 0.2) is 30.7 Å². The Morgan fingerprint density at radius 1 is 1.33 bits per heavy atom. The van der Waals surface area contributed by atoms with Crippen molar-refractivity contribution in [2.45, 2.75) is 0 Å². The van der Waals surface area contributed by atoms with Gasteiger partial charge in [-0.15, -0.1) is 5.10 Å². The summed E-state index contributed by atoms with van der Waals surface area (Å²) in [6, 6.07) is 3.81. The lowest BCUT2D eigenvalue weighted by Gasteiger charge is -1.98.